The number of amides is 1. The Labute approximate surface area is 131 Å². The molecule has 22 heavy (non-hydrogen) atoms. The summed E-state index contributed by atoms with van der Waals surface area (Å²) < 4.78 is 5.11. The van der Waals surface area contributed by atoms with E-state index in [1.807, 2.05) is 0 Å². The third-order valence-corrected chi connectivity index (χ3v) is 3.75. The molecule has 1 heterocycles. The summed E-state index contributed by atoms with van der Waals surface area (Å²) in [6.45, 7) is 2.83. The van der Waals surface area contributed by atoms with E-state index in [0.29, 0.717) is 13.1 Å². The highest BCUT2D eigenvalue weighted by Gasteiger charge is 2.27. The van der Waals surface area contributed by atoms with Crippen LogP contribution in [0.15, 0.2) is 18.2 Å². The summed E-state index contributed by atoms with van der Waals surface area (Å²) in [6.07, 6.45) is 0.970. The largest absolute Gasteiger partial charge is 0.449 e. The van der Waals surface area contributed by atoms with Crippen molar-refractivity contribution in [1.29, 1.82) is 0 Å². The van der Waals surface area contributed by atoms with Crippen LogP contribution in [0, 0.1) is 10.1 Å². The molecule has 0 spiro atoms. The second-order valence-electron chi connectivity index (χ2n) is 5.00. The summed E-state index contributed by atoms with van der Waals surface area (Å²) in [6, 6.07) is 3.45. The first-order valence-electron chi connectivity index (χ1n) is 6.84. The predicted octanol–water partition coefficient (Wildman–Crippen LogP) is 2.42. The predicted molar refractivity (Wildman–Crippen MR) is 78.8 cm³/mol. The fourth-order valence-corrected chi connectivity index (χ4v) is 2.50. The number of nitro benzene ring substituents is 1. The van der Waals surface area contributed by atoms with Crippen molar-refractivity contribution in [2.24, 2.45) is 0 Å². The number of carbonyl (C=O) groups excluding carboxylic acids is 2. The average Bonchev–Trinajstić information content (AvgIpc) is 3.00. The lowest BCUT2D eigenvalue weighted by Gasteiger charge is -2.20. The molecule has 118 valence electrons. The lowest BCUT2D eigenvalue weighted by molar-refractivity contribution is -0.384. The molecule has 7 nitrogen and oxygen atoms in total. The average molecular weight is 327 g/mol. The Bertz CT molecular complexity index is 613. The van der Waals surface area contributed by atoms with Gasteiger partial charge in [-0.3, -0.25) is 14.9 Å². The molecular weight excluding hydrogens is 312 g/mol. The van der Waals surface area contributed by atoms with E-state index in [2.05, 4.69) is 0 Å². The first-order chi connectivity index (χ1) is 10.4. The van der Waals surface area contributed by atoms with Gasteiger partial charge < -0.3 is 9.64 Å². The third kappa shape index (κ3) is 3.54. The second-order valence-corrected chi connectivity index (χ2v) is 5.41. The van der Waals surface area contributed by atoms with E-state index in [4.69, 9.17) is 16.3 Å². The molecule has 1 aliphatic heterocycles. The van der Waals surface area contributed by atoms with Crippen LogP contribution in [0.5, 0.6) is 0 Å². The highest BCUT2D eigenvalue weighted by atomic mass is 35.5. The monoisotopic (exact) mass is 326 g/mol. The van der Waals surface area contributed by atoms with Crippen LogP contribution < -0.4 is 0 Å². The van der Waals surface area contributed by atoms with Gasteiger partial charge in [0.2, 0.25) is 0 Å². The van der Waals surface area contributed by atoms with E-state index in [9.17, 15) is 19.7 Å². The van der Waals surface area contributed by atoms with Gasteiger partial charge in [0.25, 0.3) is 11.6 Å². The quantitative estimate of drug-likeness (QED) is 0.481. The third-order valence-electron chi connectivity index (χ3n) is 3.43. The number of esters is 1. The van der Waals surface area contributed by atoms with Crippen molar-refractivity contribution in [3.63, 3.8) is 0 Å². The number of nitro groups is 1. The van der Waals surface area contributed by atoms with Crippen LogP contribution in [0.2, 0.25) is 5.02 Å². The Morgan fingerprint density at radius 1 is 1.36 bits per heavy atom. The summed E-state index contributed by atoms with van der Waals surface area (Å²) in [5.41, 5.74) is -0.226. The van der Waals surface area contributed by atoms with E-state index in [-0.39, 0.29) is 22.2 Å². The van der Waals surface area contributed by atoms with Gasteiger partial charge in [-0.1, -0.05) is 11.6 Å². The van der Waals surface area contributed by atoms with Crippen molar-refractivity contribution in [1.82, 2.24) is 4.90 Å². The van der Waals surface area contributed by atoms with E-state index < -0.39 is 17.0 Å². The minimum Gasteiger partial charge on any atom is -0.449 e. The zero-order valence-electron chi connectivity index (χ0n) is 12.0. The molecule has 0 aliphatic carbocycles. The molecule has 1 atom stereocenters. The molecule has 0 aromatic heterocycles. The molecule has 0 N–H and O–H groups in total. The second kappa shape index (κ2) is 6.74. The number of hydrogen-bond donors (Lipinski definition) is 0. The van der Waals surface area contributed by atoms with Crippen molar-refractivity contribution in [3.05, 3.63) is 38.9 Å². The number of likely N-dealkylation sites (tertiary alicyclic amines) is 1. The Kier molecular flexibility index (Phi) is 4.97. The van der Waals surface area contributed by atoms with Crippen molar-refractivity contribution >= 4 is 29.2 Å². The topological polar surface area (TPSA) is 89.7 Å². The number of ether oxygens (including phenoxy) is 1. The van der Waals surface area contributed by atoms with Crippen LogP contribution in [-0.4, -0.2) is 40.9 Å². The number of rotatable bonds is 4. The maximum atomic E-state index is 12.1. The van der Waals surface area contributed by atoms with Gasteiger partial charge in [0.05, 0.1) is 15.5 Å². The molecule has 1 amide bonds. The normalized spacial score (nSPS) is 15.5. The number of non-ortho nitro benzene ring substituents is 1. The standard InChI is InChI=1S/C14H15ClN2O5/c1-9(13(18)16-6-2-3-7-16)22-14(19)11-5-4-10(17(20)21)8-12(11)15/h4-5,8-9H,2-3,6-7H2,1H3/t9-/m1/s1. The van der Waals surface area contributed by atoms with Gasteiger partial charge in [0.1, 0.15) is 0 Å². The minimum atomic E-state index is -0.920. The van der Waals surface area contributed by atoms with Crippen LogP contribution >= 0.6 is 11.6 Å². The molecule has 1 saturated heterocycles. The molecule has 8 heteroatoms. The minimum absolute atomic E-state index is 0.00617. The van der Waals surface area contributed by atoms with Gasteiger partial charge in [-0.15, -0.1) is 0 Å². The van der Waals surface area contributed by atoms with Crippen molar-refractivity contribution < 1.29 is 19.2 Å². The van der Waals surface area contributed by atoms with Crippen LogP contribution in [-0.2, 0) is 9.53 Å². The molecule has 0 radical (unpaired) electrons. The lowest BCUT2D eigenvalue weighted by atomic mass is 10.2. The number of hydrogen-bond acceptors (Lipinski definition) is 5. The number of benzene rings is 1. The number of halogens is 1. The van der Waals surface area contributed by atoms with Crippen molar-refractivity contribution in [2.45, 2.75) is 25.9 Å². The van der Waals surface area contributed by atoms with Gasteiger partial charge in [-0.2, -0.15) is 0 Å². The van der Waals surface area contributed by atoms with Crippen LogP contribution in [0.1, 0.15) is 30.1 Å². The summed E-state index contributed by atoms with van der Waals surface area (Å²) in [7, 11) is 0. The summed E-state index contributed by atoms with van der Waals surface area (Å²) in [5, 5.41) is 10.5. The van der Waals surface area contributed by atoms with E-state index >= 15 is 0 Å². The molecule has 0 unspecified atom stereocenters. The van der Waals surface area contributed by atoms with E-state index in [1.165, 1.54) is 13.0 Å². The molecule has 2 rings (SSSR count). The van der Waals surface area contributed by atoms with Crippen molar-refractivity contribution in [3.8, 4) is 0 Å². The molecular formula is C14H15ClN2O5. The maximum Gasteiger partial charge on any atom is 0.340 e. The van der Waals surface area contributed by atoms with Crippen LogP contribution in [0.4, 0.5) is 5.69 Å². The Balaban J connectivity index is 2.05. The van der Waals surface area contributed by atoms with Crippen LogP contribution in [0.25, 0.3) is 0 Å². The summed E-state index contributed by atoms with van der Waals surface area (Å²) in [4.78, 5) is 35.8. The Morgan fingerprint density at radius 3 is 2.55 bits per heavy atom. The highest BCUT2D eigenvalue weighted by molar-refractivity contribution is 6.33. The van der Waals surface area contributed by atoms with Crippen LogP contribution in [0.3, 0.4) is 0 Å². The Hall–Kier alpha value is -2.15. The molecule has 1 aliphatic rings. The summed E-state index contributed by atoms with van der Waals surface area (Å²) in [5.74, 6) is -1.02. The number of carbonyl (C=O) groups is 2. The summed E-state index contributed by atoms with van der Waals surface area (Å²) >= 11 is 5.86. The smallest absolute Gasteiger partial charge is 0.340 e. The molecule has 1 fully saturated rings. The van der Waals surface area contributed by atoms with Gasteiger partial charge in [-0.25, -0.2) is 4.79 Å². The first kappa shape index (κ1) is 16.2. The zero-order valence-corrected chi connectivity index (χ0v) is 12.7. The SMILES string of the molecule is C[C@@H](OC(=O)c1ccc([N+](=O)[O-])cc1Cl)C(=O)N1CCCC1. The molecule has 0 bridgehead atoms. The molecule has 1 aromatic rings. The van der Waals surface area contributed by atoms with E-state index in [1.54, 1.807) is 4.90 Å². The van der Waals surface area contributed by atoms with Gasteiger partial charge >= 0.3 is 5.97 Å². The first-order valence-corrected chi connectivity index (χ1v) is 7.21. The molecule has 0 saturated carbocycles. The fraction of sp³-hybridized carbons (Fsp3) is 0.429. The van der Waals surface area contributed by atoms with Gasteiger partial charge in [0.15, 0.2) is 6.10 Å². The Morgan fingerprint density at radius 2 is 2.00 bits per heavy atom. The van der Waals surface area contributed by atoms with Gasteiger partial charge in [-0.05, 0) is 25.8 Å². The number of nitrogens with zero attached hydrogens (tertiary/aromatic N) is 2. The molecule has 1 aromatic carbocycles. The zero-order chi connectivity index (χ0) is 16.3. The lowest BCUT2D eigenvalue weighted by Crippen LogP contribution is -2.38. The van der Waals surface area contributed by atoms with E-state index in [0.717, 1.165) is 25.0 Å². The highest BCUT2D eigenvalue weighted by Crippen LogP contribution is 2.23. The van der Waals surface area contributed by atoms with Gasteiger partial charge in [0, 0.05) is 25.2 Å². The fourth-order valence-electron chi connectivity index (χ4n) is 2.25. The maximum absolute atomic E-state index is 12.1. The van der Waals surface area contributed by atoms with Crippen molar-refractivity contribution in [2.75, 3.05) is 13.1 Å².